The number of likely N-dealkylation sites (tertiary alicyclic amines) is 1. The number of piperidine rings is 1. The minimum atomic E-state index is -0.138. The van der Waals surface area contributed by atoms with Crippen molar-refractivity contribution in [2.45, 2.75) is 39.5 Å². The predicted molar refractivity (Wildman–Crippen MR) is 108 cm³/mol. The summed E-state index contributed by atoms with van der Waals surface area (Å²) in [4.78, 5) is 38.3. The monoisotopic (exact) mass is 389 g/mol. The maximum atomic E-state index is 12.3. The van der Waals surface area contributed by atoms with Crippen LogP contribution in [-0.2, 0) is 14.3 Å². The number of amides is 2. The third-order valence-corrected chi connectivity index (χ3v) is 4.80. The van der Waals surface area contributed by atoms with Crippen LogP contribution in [0.15, 0.2) is 24.3 Å². The molecule has 154 valence electrons. The van der Waals surface area contributed by atoms with Crippen LogP contribution in [0.5, 0.6) is 0 Å². The van der Waals surface area contributed by atoms with Crippen molar-refractivity contribution in [1.82, 2.24) is 10.2 Å². The fourth-order valence-corrected chi connectivity index (χ4v) is 3.21. The number of anilines is 1. The average Bonchev–Trinajstić information content (AvgIpc) is 2.69. The molecule has 1 saturated heterocycles. The second-order valence-electron chi connectivity index (χ2n) is 7.04. The van der Waals surface area contributed by atoms with E-state index in [1.807, 2.05) is 4.90 Å². The zero-order valence-electron chi connectivity index (χ0n) is 16.8. The lowest BCUT2D eigenvalue weighted by molar-refractivity contribution is -0.149. The molecule has 0 bridgehead atoms. The van der Waals surface area contributed by atoms with E-state index in [1.165, 1.54) is 0 Å². The Labute approximate surface area is 166 Å². The lowest BCUT2D eigenvalue weighted by Gasteiger charge is -2.30. The minimum Gasteiger partial charge on any atom is -0.466 e. The second-order valence-corrected chi connectivity index (χ2v) is 7.04. The summed E-state index contributed by atoms with van der Waals surface area (Å²) in [7, 11) is 0. The Kier molecular flexibility index (Phi) is 8.94. The van der Waals surface area contributed by atoms with Gasteiger partial charge in [0.15, 0.2) is 0 Å². The average molecular weight is 389 g/mol. The quantitative estimate of drug-likeness (QED) is 0.500. The molecule has 0 atom stereocenters. The molecule has 1 aliphatic rings. The normalized spacial score (nSPS) is 15.1. The van der Waals surface area contributed by atoms with Crippen LogP contribution in [0.2, 0.25) is 0 Å². The van der Waals surface area contributed by atoms with Gasteiger partial charge in [-0.3, -0.25) is 19.3 Å². The Morgan fingerprint density at radius 2 is 1.93 bits per heavy atom. The number of ether oxygens (including phenoxy) is 1. The molecule has 7 nitrogen and oxygen atoms in total. The van der Waals surface area contributed by atoms with Crippen LogP contribution < -0.4 is 10.6 Å². The summed E-state index contributed by atoms with van der Waals surface area (Å²) < 4.78 is 5.07. The zero-order valence-corrected chi connectivity index (χ0v) is 16.8. The molecule has 28 heavy (non-hydrogen) atoms. The van der Waals surface area contributed by atoms with Crippen molar-refractivity contribution >= 4 is 23.5 Å². The van der Waals surface area contributed by atoms with Gasteiger partial charge < -0.3 is 15.4 Å². The van der Waals surface area contributed by atoms with Gasteiger partial charge >= 0.3 is 5.97 Å². The van der Waals surface area contributed by atoms with Crippen LogP contribution in [0.1, 0.15) is 49.9 Å². The maximum absolute atomic E-state index is 12.3. The summed E-state index contributed by atoms with van der Waals surface area (Å²) in [6.07, 6.45) is 3.38. The molecule has 1 fully saturated rings. The van der Waals surface area contributed by atoms with Crippen LogP contribution in [0.25, 0.3) is 0 Å². The summed E-state index contributed by atoms with van der Waals surface area (Å²) in [5, 5.41) is 5.72. The highest BCUT2D eigenvalue weighted by atomic mass is 16.5. The van der Waals surface area contributed by atoms with E-state index in [9.17, 15) is 14.4 Å². The summed E-state index contributed by atoms with van der Waals surface area (Å²) in [5.41, 5.74) is 1.14. The van der Waals surface area contributed by atoms with Crippen LogP contribution in [0, 0.1) is 5.92 Å². The molecule has 1 aliphatic heterocycles. The van der Waals surface area contributed by atoms with Gasteiger partial charge in [-0.05, 0) is 57.5 Å². The van der Waals surface area contributed by atoms with Gasteiger partial charge in [-0.15, -0.1) is 0 Å². The van der Waals surface area contributed by atoms with E-state index in [0.29, 0.717) is 50.3 Å². The summed E-state index contributed by atoms with van der Waals surface area (Å²) in [6.45, 7) is 6.57. The number of esters is 1. The van der Waals surface area contributed by atoms with E-state index in [-0.39, 0.29) is 30.2 Å². The van der Waals surface area contributed by atoms with Gasteiger partial charge in [-0.25, -0.2) is 0 Å². The van der Waals surface area contributed by atoms with Crippen LogP contribution in [0.3, 0.4) is 0 Å². The third kappa shape index (κ3) is 6.96. The van der Waals surface area contributed by atoms with Crippen LogP contribution in [-0.4, -0.2) is 55.5 Å². The summed E-state index contributed by atoms with van der Waals surface area (Å²) >= 11 is 0. The highest BCUT2D eigenvalue weighted by Crippen LogP contribution is 2.19. The number of unbranched alkanes of at least 4 members (excludes halogenated alkanes) is 1. The van der Waals surface area contributed by atoms with Crippen molar-refractivity contribution in [3.8, 4) is 0 Å². The first-order valence-corrected chi connectivity index (χ1v) is 10.1. The molecule has 0 radical (unpaired) electrons. The number of carbonyl (C=O) groups is 3. The number of benzene rings is 1. The molecule has 0 aromatic heterocycles. The molecule has 0 unspecified atom stereocenters. The Bertz CT molecular complexity index is 669. The second kappa shape index (κ2) is 11.4. The topological polar surface area (TPSA) is 87.7 Å². The maximum Gasteiger partial charge on any atom is 0.309 e. The lowest BCUT2D eigenvalue weighted by atomic mass is 9.97. The SMILES string of the molecule is CCCCNC(=O)c1cccc(NC(=O)CN2CCC(C(=O)OCC)CC2)c1. The van der Waals surface area contributed by atoms with Crippen LogP contribution >= 0.6 is 0 Å². The molecule has 2 amide bonds. The molecular formula is C21H31N3O4. The van der Waals surface area contributed by atoms with Gasteiger partial charge in [-0.1, -0.05) is 19.4 Å². The predicted octanol–water partition coefficient (Wildman–Crippen LogP) is 2.43. The fraction of sp³-hybridized carbons (Fsp3) is 0.571. The number of nitrogens with zero attached hydrogens (tertiary/aromatic N) is 1. The van der Waals surface area contributed by atoms with Gasteiger partial charge in [0.2, 0.25) is 5.91 Å². The third-order valence-electron chi connectivity index (χ3n) is 4.80. The molecular weight excluding hydrogens is 358 g/mol. The molecule has 1 heterocycles. The Morgan fingerprint density at radius 1 is 1.18 bits per heavy atom. The standard InChI is InChI=1S/C21H31N3O4/c1-3-5-11-22-20(26)17-7-6-8-18(14-17)23-19(25)15-24-12-9-16(10-13-24)21(27)28-4-2/h6-8,14,16H,3-5,9-13,15H2,1-2H3,(H,22,26)(H,23,25). The molecule has 0 saturated carbocycles. The first kappa shape index (κ1) is 21.9. The Hall–Kier alpha value is -2.41. The van der Waals surface area contributed by atoms with Crippen molar-refractivity contribution in [2.75, 3.05) is 38.1 Å². The van der Waals surface area contributed by atoms with Crippen molar-refractivity contribution in [3.63, 3.8) is 0 Å². The summed E-state index contributed by atoms with van der Waals surface area (Å²) in [5.74, 6) is -0.466. The van der Waals surface area contributed by atoms with Crippen LogP contribution in [0.4, 0.5) is 5.69 Å². The van der Waals surface area contributed by atoms with Gasteiger partial charge in [0, 0.05) is 17.8 Å². The Morgan fingerprint density at radius 3 is 2.61 bits per heavy atom. The highest BCUT2D eigenvalue weighted by Gasteiger charge is 2.26. The largest absolute Gasteiger partial charge is 0.466 e. The minimum absolute atomic E-state index is 0.0674. The molecule has 0 aliphatic carbocycles. The van der Waals surface area contributed by atoms with Crippen molar-refractivity contribution in [2.24, 2.45) is 5.92 Å². The highest BCUT2D eigenvalue weighted by molar-refractivity contribution is 5.97. The molecule has 1 aromatic carbocycles. The first-order valence-electron chi connectivity index (χ1n) is 10.1. The van der Waals surface area contributed by atoms with E-state index in [4.69, 9.17) is 4.74 Å². The molecule has 0 spiro atoms. The van der Waals surface area contributed by atoms with Gasteiger partial charge in [0.05, 0.1) is 19.1 Å². The smallest absolute Gasteiger partial charge is 0.309 e. The van der Waals surface area contributed by atoms with E-state index >= 15 is 0 Å². The van der Waals surface area contributed by atoms with E-state index in [0.717, 1.165) is 12.8 Å². The number of nitrogens with one attached hydrogen (secondary N) is 2. The fourth-order valence-electron chi connectivity index (χ4n) is 3.21. The van der Waals surface area contributed by atoms with Crippen molar-refractivity contribution in [3.05, 3.63) is 29.8 Å². The van der Waals surface area contributed by atoms with Crippen molar-refractivity contribution in [1.29, 1.82) is 0 Å². The van der Waals surface area contributed by atoms with Gasteiger partial charge in [0.25, 0.3) is 5.91 Å². The lowest BCUT2D eigenvalue weighted by Crippen LogP contribution is -2.41. The van der Waals surface area contributed by atoms with Crippen molar-refractivity contribution < 1.29 is 19.1 Å². The summed E-state index contributed by atoms with van der Waals surface area (Å²) in [6, 6.07) is 6.95. The van der Waals surface area contributed by atoms with E-state index in [2.05, 4.69) is 17.6 Å². The molecule has 2 N–H and O–H groups in total. The molecule has 7 heteroatoms. The van der Waals surface area contributed by atoms with Gasteiger partial charge in [0.1, 0.15) is 0 Å². The zero-order chi connectivity index (χ0) is 20.4. The number of hydrogen-bond acceptors (Lipinski definition) is 5. The Balaban J connectivity index is 1.80. The number of rotatable bonds is 9. The number of carbonyl (C=O) groups excluding carboxylic acids is 3. The van der Waals surface area contributed by atoms with E-state index < -0.39 is 0 Å². The van der Waals surface area contributed by atoms with E-state index in [1.54, 1.807) is 31.2 Å². The van der Waals surface area contributed by atoms with Gasteiger partial charge in [-0.2, -0.15) is 0 Å². The molecule has 2 rings (SSSR count). The first-order chi connectivity index (χ1) is 13.5. The number of hydrogen-bond donors (Lipinski definition) is 2. The molecule has 1 aromatic rings.